The van der Waals surface area contributed by atoms with Crippen LogP contribution in [-0.4, -0.2) is 28.6 Å². The third-order valence-corrected chi connectivity index (χ3v) is 4.34. The lowest BCUT2D eigenvalue weighted by molar-refractivity contribution is 0.415. The molecule has 3 aromatic rings. The molecule has 1 atom stereocenters. The maximum atomic E-state index is 5.33. The predicted octanol–water partition coefficient (Wildman–Crippen LogP) is 2.44. The number of hydrogen-bond donors (Lipinski definition) is 3. The lowest BCUT2D eigenvalue weighted by Crippen LogP contribution is -2.31. The molecular weight excluding hydrogens is 264 g/mol. The molecule has 1 aromatic carbocycles. The van der Waals surface area contributed by atoms with E-state index in [4.69, 9.17) is 4.74 Å². The average molecular weight is 282 g/mol. The van der Waals surface area contributed by atoms with Gasteiger partial charge in [0.05, 0.1) is 25.2 Å². The SMILES string of the molecule is COc1ccc2[nH]c([C@@H]3NCCc4[nH]cnc43)c(C)c2c1. The summed E-state index contributed by atoms with van der Waals surface area (Å²) in [6.07, 6.45) is 2.78. The van der Waals surface area contributed by atoms with Crippen LogP contribution in [0.15, 0.2) is 24.5 Å². The second-order valence-electron chi connectivity index (χ2n) is 5.48. The van der Waals surface area contributed by atoms with Gasteiger partial charge in [-0.3, -0.25) is 0 Å². The highest BCUT2D eigenvalue weighted by Gasteiger charge is 2.26. The van der Waals surface area contributed by atoms with E-state index in [1.165, 1.54) is 22.3 Å². The first-order chi connectivity index (χ1) is 10.3. The van der Waals surface area contributed by atoms with Gasteiger partial charge in [0.15, 0.2) is 0 Å². The maximum Gasteiger partial charge on any atom is 0.119 e. The van der Waals surface area contributed by atoms with Crippen molar-refractivity contribution in [2.45, 2.75) is 19.4 Å². The molecule has 0 bridgehead atoms. The van der Waals surface area contributed by atoms with Crippen molar-refractivity contribution in [3.63, 3.8) is 0 Å². The van der Waals surface area contributed by atoms with E-state index in [9.17, 15) is 0 Å². The minimum absolute atomic E-state index is 0.124. The van der Waals surface area contributed by atoms with Gasteiger partial charge in [-0.25, -0.2) is 4.98 Å². The van der Waals surface area contributed by atoms with E-state index >= 15 is 0 Å². The smallest absolute Gasteiger partial charge is 0.119 e. The van der Waals surface area contributed by atoms with Crippen LogP contribution in [0.3, 0.4) is 0 Å². The summed E-state index contributed by atoms with van der Waals surface area (Å²) in [4.78, 5) is 11.3. The molecule has 0 saturated heterocycles. The van der Waals surface area contributed by atoms with E-state index in [1.807, 2.05) is 6.07 Å². The van der Waals surface area contributed by atoms with Gasteiger partial charge in [-0.05, 0) is 30.7 Å². The number of aromatic nitrogens is 3. The Morgan fingerprint density at radius 2 is 2.24 bits per heavy atom. The van der Waals surface area contributed by atoms with E-state index in [0.29, 0.717) is 0 Å². The van der Waals surface area contributed by atoms with E-state index in [-0.39, 0.29) is 6.04 Å². The monoisotopic (exact) mass is 282 g/mol. The van der Waals surface area contributed by atoms with E-state index in [0.717, 1.165) is 29.9 Å². The fraction of sp³-hybridized carbons (Fsp3) is 0.312. The summed E-state index contributed by atoms with van der Waals surface area (Å²) in [6, 6.07) is 6.26. The Morgan fingerprint density at radius 1 is 1.33 bits per heavy atom. The number of fused-ring (bicyclic) bond motifs is 2. The zero-order valence-electron chi connectivity index (χ0n) is 12.2. The minimum Gasteiger partial charge on any atom is -0.497 e. The highest BCUT2D eigenvalue weighted by molar-refractivity contribution is 5.86. The van der Waals surface area contributed by atoms with Gasteiger partial charge < -0.3 is 20.0 Å². The molecule has 4 rings (SSSR count). The fourth-order valence-electron chi connectivity index (χ4n) is 3.20. The van der Waals surface area contributed by atoms with E-state index < -0.39 is 0 Å². The Kier molecular flexibility index (Phi) is 2.75. The van der Waals surface area contributed by atoms with Gasteiger partial charge >= 0.3 is 0 Å². The Bertz CT molecular complexity index is 802. The Hall–Kier alpha value is -2.27. The molecule has 0 unspecified atom stereocenters. The van der Waals surface area contributed by atoms with Gasteiger partial charge in [0.25, 0.3) is 0 Å². The first kappa shape index (κ1) is 12.5. The largest absolute Gasteiger partial charge is 0.497 e. The first-order valence-electron chi connectivity index (χ1n) is 7.19. The Morgan fingerprint density at radius 3 is 3.10 bits per heavy atom. The number of aryl methyl sites for hydroxylation is 1. The summed E-state index contributed by atoms with van der Waals surface area (Å²) in [5.74, 6) is 0.883. The molecule has 0 aliphatic carbocycles. The first-order valence-corrected chi connectivity index (χ1v) is 7.19. The van der Waals surface area contributed by atoms with Crippen LogP contribution >= 0.6 is 0 Å². The number of hydrogen-bond acceptors (Lipinski definition) is 3. The summed E-state index contributed by atoms with van der Waals surface area (Å²) in [5.41, 5.74) is 5.90. The number of aromatic amines is 2. The Labute approximate surface area is 122 Å². The molecule has 0 radical (unpaired) electrons. The van der Waals surface area contributed by atoms with Gasteiger partial charge in [-0.1, -0.05) is 0 Å². The quantitative estimate of drug-likeness (QED) is 0.676. The van der Waals surface area contributed by atoms with Crippen LogP contribution in [0.25, 0.3) is 10.9 Å². The predicted molar refractivity (Wildman–Crippen MR) is 81.7 cm³/mol. The van der Waals surface area contributed by atoms with Crippen LogP contribution < -0.4 is 10.1 Å². The van der Waals surface area contributed by atoms with Crippen molar-refractivity contribution in [3.8, 4) is 5.75 Å². The number of benzene rings is 1. The fourth-order valence-corrected chi connectivity index (χ4v) is 3.20. The van der Waals surface area contributed by atoms with Crippen LogP contribution in [0.5, 0.6) is 5.75 Å². The second kappa shape index (κ2) is 4.63. The molecule has 0 fully saturated rings. The van der Waals surface area contributed by atoms with Crippen molar-refractivity contribution in [2.75, 3.05) is 13.7 Å². The molecule has 0 amide bonds. The highest BCUT2D eigenvalue weighted by Crippen LogP contribution is 2.33. The second-order valence-corrected chi connectivity index (χ2v) is 5.48. The van der Waals surface area contributed by atoms with Crippen LogP contribution in [-0.2, 0) is 6.42 Å². The molecular formula is C16H18N4O. The molecule has 21 heavy (non-hydrogen) atoms. The van der Waals surface area contributed by atoms with Gasteiger partial charge in [0.1, 0.15) is 5.75 Å². The highest BCUT2D eigenvalue weighted by atomic mass is 16.5. The van der Waals surface area contributed by atoms with Gasteiger partial charge in [0, 0.05) is 35.3 Å². The zero-order chi connectivity index (χ0) is 14.4. The maximum absolute atomic E-state index is 5.33. The van der Waals surface area contributed by atoms with Crippen molar-refractivity contribution < 1.29 is 4.74 Å². The minimum atomic E-state index is 0.124. The molecule has 1 aliphatic rings. The molecule has 5 heteroatoms. The number of nitrogens with zero attached hydrogens (tertiary/aromatic N) is 1. The molecule has 0 saturated carbocycles. The third-order valence-electron chi connectivity index (χ3n) is 4.34. The summed E-state index contributed by atoms with van der Waals surface area (Å²) in [6.45, 7) is 3.11. The molecule has 3 N–H and O–H groups in total. The van der Waals surface area contributed by atoms with Crippen molar-refractivity contribution >= 4 is 10.9 Å². The number of imidazole rings is 1. The Balaban J connectivity index is 1.87. The zero-order valence-corrected chi connectivity index (χ0v) is 12.2. The van der Waals surface area contributed by atoms with Crippen LogP contribution in [0, 0.1) is 6.92 Å². The molecule has 0 spiro atoms. The molecule has 108 valence electrons. The number of nitrogens with one attached hydrogen (secondary N) is 3. The summed E-state index contributed by atoms with van der Waals surface area (Å²) < 4.78 is 5.33. The van der Waals surface area contributed by atoms with Crippen LogP contribution in [0.4, 0.5) is 0 Å². The summed E-state index contributed by atoms with van der Waals surface area (Å²) in [7, 11) is 1.70. The number of H-pyrrole nitrogens is 2. The van der Waals surface area contributed by atoms with Crippen LogP contribution in [0.1, 0.15) is 28.7 Å². The molecule has 3 heterocycles. The number of ether oxygens (including phenoxy) is 1. The lowest BCUT2D eigenvalue weighted by atomic mass is 9.99. The van der Waals surface area contributed by atoms with Gasteiger partial charge in [-0.15, -0.1) is 0 Å². The molecule has 1 aliphatic heterocycles. The molecule has 2 aromatic heterocycles. The normalized spacial score (nSPS) is 17.9. The number of rotatable bonds is 2. The molecule has 5 nitrogen and oxygen atoms in total. The van der Waals surface area contributed by atoms with Crippen molar-refractivity contribution in [1.29, 1.82) is 0 Å². The van der Waals surface area contributed by atoms with Gasteiger partial charge in [-0.2, -0.15) is 0 Å². The average Bonchev–Trinajstić information content (AvgIpc) is 3.11. The van der Waals surface area contributed by atoms with E-state index in [1.54, 1.807) is 13.4 Å². The van der Waals surface area contributed by atoms with E-state index in [2.05, 4.69) is 39.3 Å². The lowest BCUT2D eigenvalue weighted by Gasteiger charge is -2.23. The number of methoxy groups -OCH3 is 1. The van der Waals surface area contributed by atoms with Gasteiger partial charge in [0.2, 0.25) is 0 Å². The summed E-state index contributed by atoms with van der Waals surface area (Å²) >= 11 is 0. The van der Waals surface area contributed by atoms with Crippen LogP contribution in [0.2, 0.25) is 0 Å². The van der Waals surface area contributed by atoms with Crippen molar-refractivity contribution in [2.24, 2.45) is 0 Å². The summed E-state index contributed by atoms with van der Waals surface area (Å²) in [5, 5.41) is 4.77. The topological polar surface area (TPSA) is 65.7 Å². The van der Waals surface area contributed by atoms with Crippen molar-refractivity contribution in [3.05, 3.63) is 47.2 Å². The third kappa shape index (κ3) is 1.85. The van der Waals surface area contributed by atoms with Crippen molar-refractivity contribution in [1.82, 2.24) is 20.3 Å². The standard InChI is InChI=1S/C16H18N4O/c1-9-11-7-10(21-2)3-4-12(11)20-14(9)16-15-13(5-6-17-16)18-8-19-15/h3-4,7-8,16-17,20H,5-6H2,1-2H3,(H,18,19)/t16-/m0/s1.